The Kier molecular flexibility index (Phi) is 5.58. The summed E-state index contributed by atoms with van der Waals surface area (Å²) in [5.74, 6) is -0.729. The molecule has 190 valence electrons. The van der Waals surface area contributed by atoms with Crippen LogP contribution in [0.4, 0.5) is 0 Å². The Labute approximate surface area is 205 Å². The molecule has 2 aliphatic heterocycles. The number of aliphatic hydroxyl groups excluding tert-OH is 1. The van der Waals surface area contributed by atoms with Gasteiger partial charge in [0.2, 0.25) is 0 Å². The van der Waals surface area contributed by atoms with E-state index in [9.17, 15) is 19.8 Å². The highest BCUT2D eigenvalue weighted by atomic mass is 16.6. The van der Waals surface area contributed by atoms with Crippen LogP contribution >= 0.6 is 0 Å². The zero-order chi connectivity index (χ0) is 25.3. The van der Waals surface area contributed by atoms with Crippen LogP contribution in [0.15, 0.2) is 24.0 Å². The second-order valence-corrected chi connectivity index (χ2v) is 11.5. The molecule has 1 saturated heterocycles. The summed E-state index contributed by atoms with van der Waals surface area (Å²) in [6.07, 6.45) is 2.65. The second kappa shape index (κ2) is 8.05. The van der Waals surface area contributed by atoms with E-state index in [4.69, 9.17) is 14.2 Å². The van der Waals surface area contributed by atoms with Gasteiger partial charge in [0.15, 0.2) is 6.10 Å². The largest absolute Gasteiger partial charge is 0.481 e. The zero-order valence-corrected chi connectivity index (χ0v) is 21.1. The van der Waals surface area contributed by atoms with E-state index in [0.29, 0.717) is 36.3 Å². The van der Waals surface area contributed by atoms with Gasteiger partial charge in [-0.3, -0.25) is 9.59 Å². The third-order valence-corrected chi connectivity index (χ3v) is 8.14. The molecule has 0 unspecified atom stereocenters. The Hall–Kier alpha value is -2.42. The van der Waals surface area contributed by atoms with E-state index >= 15 is 0 Å². The van der Waals surface area contributed by atoms with E-state index < -0.39 is 40.6 Å². The fourth-order valence-electron chi connectivity index (χ4n) is 6.56. The Morgan fingerprint density at radius 3 is 2.74 bits per heavy atom. The molecule has 2 aliphatic carbocycles. The molecule has 8 heteroatoms. The third-order valence-electron chi connectivity index (χ3n) is 8.14. The molecule has 35 heavy (non-hydrogen) atoms. The van der Waals surface area contributed by atoms with Gasteiger partial charge < -0.3 is 29.3 Å². The number of hydrogen-bond acceptors (Lipinski definition) is 8. The number of ether oxygens (including phenoxy) is 3. The Balaban J connectivity index is 1.47. The number of aliphatic hydroxyl groups is 2. The molecule has 4 aliphatic rings. The van der Waals surface area contributed by atoms with Crippen LogP contribution in [0.25, 0.3) is 0 Å². The molecule has 2 N–H and O–H groups in total. The molecule has 1 fully saturated rings. The van der Waals surface area contributed by atoms with Gasteiger partial charge in [-0.1, -0.05) is 19.1 Å². The van der Waals surface area contributed by atoms with Crippen molar-refractivity contribution in [2.45, 2.75) is 88.7 Å². The van der Waals surface area contributed by atoms with Crippen molar-refractivity contribution in [1.29, 1.82) is 0 Å². The minimum absolute atomic E-state index is 0.0874. The number of carbonyl (C=O) groups excluding carboxylic acids is 2. The first kappa shape index (κ1) is 24.3. The van der Waals surface area contributed by atoms with Crippen molar-refractivity contribution in [3.8, 4) is 5.75 Å². The van der Waals surface area contributed by atoms with Gasteiger partial charge in [-0.05, 0) is 58.8 Å². The maximum absolute atomic E-state index is 13.0. The van der Waals surface area contributed by atoms with Crippen LogP contribution < -0.4 is 4.74 Å². The monoisotopic (exact) mass is 485 g/mol. The van der Waals surface area contributed by atoms with Gasteiger partial charge in [-0.15, -0.1) is 0 Å². The summed E-state index contributed by atoms with van der Waals surface area (Å²) < 4.78 is 17.7. The summed E-state index contributed by atoms with van der Waals surface area (Å²) in [5.41, 5.74) is 0.229. The molecule has 0 saturated carbocycles. The molecule has 0 amide bonds. The quantitative estimate of drug-likeness (QED) is 0.613. The molecule has 0 radical (unpaired) electrons. The molecule has 5 rings (SSSR count). The summed E-state index contributed by atoms with van der Waals surface area (Å²) in [7, 11) is 2.03. The first-order valence-corrected chi connectivity index (χ1v) is 12.4. The van der Waals surface area contributed by atoms with Crippen LogP contribution in [-0.4, -0.2) is 64.0 Å². The number of carbonyl (C=O) groups is 2. The van der Waals surface area contributed by atoms with Crippen LogP contribution in [0.5, 0.6) is 5.75 Å². The van der Waals surface area contributed by atoms with Gasteiger partial charge in [0.25, 0.3) is 0 Å². The van der Waals surface area contributed by atoms with Crippen LogP contribution in [-0.2, 0) is 37.5 Å². The van der Waals surface area contributed by atoms with Crippen LogP contribution in [0.3, 0.4) is 0 Å². The number of rotatable bonds is 5. The minimum Gasteiger partial charge on any atom is -0.481 e. The number of hydrogen-bond donors (Lipinski definition) is 2. The fourth-order valence-corrected chi connectivity index (χ4v) is 6.56. The first-order valence-electron chi connectivity index (χ1n) is 12.4. The van der Waals surface area contributed by atoms with Crippen molar-refractivity contribution in [3.05, 3.63) is 40.7 Å². The molecule has 1 spiro atoms. The van der Waals surface area contributed by atoms with Crippen LogP contribution in [0, 0.1) is 5.92 Å². The molecule has 2 heterocycles. The van der Waals surface area contributed by atoms with E-state index in [2.05, 4.69) is 4.90 Å². The van der Waals surface area contributed by atoms with Gasteiger partial charge >= 0.3 is 11.9 Å². The van der Waals surface area contributed by atoms with Crippen molar-refractivity contribution >= 4 is 11.9 Å². The summed E-state index contributed by atoms with van der Waals surface area (Å²) in [6, 6.07) is 3.80. The normalized spacial score (nSPS) is 31.7. The van der Waals surface area contributed by atoms with E-state index in [1.807, 2.05) is 19.2 Å². The van der Waals surface area contributed by atoms with Crippen molar-refractivity contribution < 1.29 is 34.0 Å². The van der Waals surface area contributed by atoms with Crippen molar-refractivity contribution in [2.75, 3.05) is 13.6 Å². The Morgan fingerprint density at radius 2 is 2.06 bits per heavy atom. The van der Waals surface area contributed by atoms with E-state index in [-0.39, 0.29) is 19.1 Å². The summed E-state index contributed by atoms with van der Waals surface area (Å²) >= 11 is 0. The fraction of sp³-hybridized carbons (Fsp3) is 0.630. The molecular formula is C27H35NO7. The summed E-state index contributed by atoms with van der Waals surface area (Å²) in [5, 5.41) is 22.2. The highest BCUT2D eigenvalue weighted by Gasteiger charge is 2.71. The van der Waals surface area contributed by atoms with Gasteiger partial charge in [0, 0.05) is 23.6 Å². The number of likely N-dealkylation sites (tertiary alicyclic amines) is 1. The van der Waals surface area contributed by atoms with E-state index in [0.717, 1.165) is 17.7 Å². The lowest BCUT2D eigenvalue weighted by molar-refractivity contribution is -0.171. The van der Waals surface area contributed by atoms with E-state index in [1.54, 1.807) is 33.8 Å². The minimum atomic E-state index is -1.09. The summed E-state index contributed by atoms with van der Waals surface area (Å²) in [4.78, 5) is 27.5. The maximum Gasteiger partial charge on any atom is 0.314 e. The predicted molar refractivity (Wildman–Crippen MR) is 127 cm³/mol. The van der Waals surface area contributed by atoms with Gasteiger partial charge in [-0.2, -0.15) is 0 Å². The average molecular weight is 486 g/mol. The highest BCUT2D eigenvalue weighted by molar-refractivity contribution is 5.80. The molecule has 0 aromatic heterocycles. The third kappa shape index (κ3) is 3.52. The molecular weight excluding hydrogens is 450 g/mol. The standard InChI is InChI=1S/C27H35NO7/c1-15(12-20(30)35-25(2,3)4)24(31)33-18-8-9-27(32)19-13-16-6-7-17(14-29)22-21(16)26(27,23(18)34-22)10-11-28(19)5/h6-8,15,19,23,29,32H,9-14H2,1-5H3/t15-,19+,23-,26-,27+/m0/s1. The van der Waals surface area contributed by atoms with Crippen molar-refractivity contribution in [1.82, 2.24) is 4.90 Å². The molecule has 5 atom stereocenters. The second-order valence-electron chi connectivity index (χ2n) is 11.5. The Morgan fingerprint density at radius 1 is 1.31 bits per heavy atom. The average Bonchev–Trinajstić information content (AvgIpc) is 3.12. The lowest BCUT2D eigenvalue weighted by Gasteiger charge is -2.61. The highest BCUT2D eigenvalue weighted by Crippen LogP contribution is 2.64. The van der Waals surface area contributed by atoms with Gasteiger partial charge in [0.05, 0.1) is 30.0 Å². The molecule has 2 bridgehead atoms. The topological polar surface area (TPSA) is 106 Å². The van der Waals surface area contributed by atoms with Crippen molar-refractivity contribution in [3.63, 3.8) is 0 Å². The van der Waals surface area contributed by atoms with E-state index in [1.165, 1.54) is 0 Å². The smallest absolute Gasteiger partial charge is 0.314 e. The van der Waals surface area contributed by atoms with Crippen LogP contribution in [0.1, 0.15) is 63.6 Å². The predicted octanol–water partition coefficient (Wildman–Crippen LogP) is 2.37. The van der Waals surface area contributed by atoms with Crippen LogP contribution in [0.2, 0.25) is 0 Å². The van der Waals surface area contributed by atoms with Crippen molar-refractivity contribution in [2.24, 2.45) is 5.92 Å². The van der Waals surface area contributed by atoms with Gasteiger partial charge in [0.1, 0.15) is 17.1 Å². The molecule has 1 aromatic carbocycles. The molecule has 8 nitrogen and oxygen atoms in total. The number of nitrogens with zero attached hydrogens (tertiary/aromatic N) is 1. The summed E-state index contributed by atoms with van der Waals surface area (Å²) in [6.45, 7) is 7.58. The zero-order valence-electron chi connectivity index (χ0n) is 21.1. The van der Waals surface area contributed by atoms with Gasteiger partial charge in [-0.25, -0.2) is 0 Å². The Bertz CT molecular complexity index is 1110. The lowest BCUT2D eigenvalue weighted by atomic mass is 9.50. The number of benzene rings is 1. The first-order chi connectivity index (χ1) is 16.4. The molecule has 1 aromatic rings. The maximum atomic E-state index is 13.0. The number of piperidine rings is 1. The SMILES string of the molecule is C[C@@H](CC(=O)OC(C)(C)C)C(=O)OC1=CC[C@@]2(O)[C@H]3Cc4ccc(CO)c5c4[C@@]2(CCN3C)[C@H]1O5. The lowest BCUT2D eigenvalue weighted by Crippen LogP contribution is -2.74. The number of likely N-dealkylation sites (N-methyl/N-ethyl adjacent to an activating group) is 1. The number of esters is 2.